The van der Waals surface area contributed by atoms with E-state index in [1.54, 1.807) is 60.2 Å². The number of methoxy groups -OCH3 is 1. The smallest absolute Gasteiger partial charge is 0.274 e. The predicted molar refractivity (Wildman–Crippen MR) is 177 cm³/mol. The van der Waals surface area contributed by atoms with E-state index in [1.807, 2.05) is 45.0 Å². The van der Waals surface area contributed by atoms with Crippen molar-refractivity contribution in [2.24, 2.45) is 12.5 Å². The maximum Gasteiger partial charge on any atom is 0.274 e. The largest absolute Gasteiger partial charge is 0.497 e. The number of nitrogens with one attached hydrogen (secondary N) is 2. The van der Waals surface area contributed by atoms with Gasteiger partial charge in [0.2, 0.25) is 11.8 Å². The Morgan fingerprint density at radius 2 is 1.74 bits per heavy atom. The van der Waals surface area contributed by atoms with Crippen molar-refractivity contribution >= 4 is 17.7 Å². The summed E-state index contributed by atoms with van der Waals surface area (Å²) in [6.07, 6.45) is 4.52. The zero-order chi connectivity index (χ0) is 34.1. The molecule has 2 heterocycles. The molecule has 1 saturated heterocycles. The van der Waals surface area contributed by atoms with Gasteiger partial charge in [0, 0.05) is 38.8 Å². The second kappa shape index (κ2) is 15.9. The van der Waals surface area contributed by atoms with Gasteiger partial charge in [-0.05, 0) is 67.3 Å². The van der Waals surface area contributed by atoms with Crippen LogP contribution in [0.2, 0.25) is 0 Å². The fraction of sp³-hybridized carbons (Fsp3) is 0.486. The molecular weight excluding hydrogens is 603 g/mol. The molecule has 11 nitrogen and oxygen atoms in total. The molecule has 1 aliphatic rings. The third kappa shape index (κ3) is 9.77. The van der Waals surface area contributed by atoms with Gasteiger partial charge in [-0.2, -0.15) is 0 Å². The highest BCUT2D eigenvalue weighted by molar-refractivity contribution is 5.92. The molecule has 2 N–H and O–H groups in total. The van der Waals surface area contributed by atoms with Crippen LogP contribution >= 0.6 is 0 Å². The van der Waals surface area contributed by atoms with Crippen LogP contribution in [0.1, 0.15) is 49.7 Å². The molecule has 2 aromatic carbocycles. The minimum absolute atomic E-state index is 0.0884. The molecule has 3 atom stereocenters. The Morgan fingerprint density at radius 1 is 1.06 bits per heavy atom. The first kappa shape index (κ1) is 35.4. The normalized spacial score (nSPS) is 16.9. The third-order valence-corrected chi connectivity index (χ3v) is 8.30. The number of likely N-dealkylation sites (tertiary alicyclic amines) is 1. The Labute approximate surface area is 276 Å². The van der Waals surface area contributed by atoms with Crippen LogP contribution in [0.5, 0.6) is 11.5 Å². The fourth-order valence-electron chi connectivity index (χ4n) is 5.76. The molecule has 0 aliphatic carbocycles. The highest BCUT2D eigenvalue weighted by Crippen LogP contribution is 2.30. The molecule has 1 unspecified atom stereocenters. The molecule has 4 rings (SSSR count). The summed E-state index contributed by atoms with van der Waals surface area (Å²) in [6.45, 7) is 6.93. The number of rotatable bonds is 14. The Hall–Kier alpha value is -4.45. The van der Waals surface area contributed by atoms with E-state index in [9.17, 15) is 18.8 Å². The van der Waals surface area contributed by atoms with Crippen molar-refractivity contribution in [3.05, 3.63) is 78.1 Å². The summed E-state index contributed by atoms with van der Waals surface area (Å²) in [7, 11) is 5.08. The van der Waals surface area contributed by atoms with Crippen molar-refractivity contribution in [3.8, 4) is 11.5 Å². The molecular formula is C35H47FN6O5. The fourth-order valence-corrected chi connectivity index (χ4v) is 5.76. The van der Waals surface area contributed by atoms with E-state index in [0.29, 0.717) is 56.1 Å². The van der Waals surface area contributed by atoms with Gasteiger partial charge in [-0.1, -0.05) is 32.9 Å². The van der Waals surface area contributed by atoms with Gasteiger partial charge >= 0.3 is 0 Å². The van der Waals surface area contributed by atoms with Gasteiger partial charge < -0.3 is 34.5 Å². The molecule has 1 fully saturated rings. The second-order valence-corrected chi connectivity index (χ2v) is 13.1. The minimum Gasteiger partial charge on any atom is -0.497 e. The Bertz CT molecular complexity index is 1490. The number of ether oxygens (including phenoxy) is 2. The monoisotopic (exact) mass is 650 g/mol. The van der Waals surface area contributed by atoms with Crippen molar-refractivity contribution < 1.29 is 28.2 Å². The number of imidazole rings is 1. The molecule has 12 heteroatoms. The summed E-state index contributed by atoms with van der Waals surface area (Å²) in [4.78, 5) is 48.4. The summed E-state index contributed by atoms with van der Waals surface area (Å²) >= 11 is 0. The van der Waals surface area contributed by atoms with Crippen LogP contribution in [0.3, 0.4) is 0 Å². The topological polar surface area (TPSA) is 118 Å². The molecule has 0 radical (unpaired) electrons. The highest BCUT2D eigenvalue weighted by atomic mass is 19.1. The van der Waals surface area contributed by atoms with Crippen molar-refractivity contribution in [2.45, 2.75) is 58.2 Å². The first-order valence-electron chi connectivity index (χ1n) is 15.9. The SMILES string of the molecule is CNCC(=O)N[C@H](C(=O)N1CC(Oc2ccc(OC)cc2)C[C@H]1CCN(CCc1ccc(F)cc1)C(=O)c1cn(C)cn1)C(C)(C)C. The lowest BCUT2D eigenvalue weighted by molar-refractivity contribution is -0.140. The third-order valence-electron chi connectivity index (χ3n) is 8.30. The quantitative estimate of drug-likeness (QED) is 0.275. The Morgan fingerprint density at radius 3 is 2.34 bits per heavy atom. The number of nitrogens with zero attached hydrogens (tertiary/aromatic N) is 4. The zero-order valence-electron chi connectivity index (χ0n) is 28.2. The van der Waals surface area contributed by atoms with Gasteiger partial charge in [-0.15, -0.1) is 0 Å². The van der Waals surface area contributed by atoms with Crippen LogP contribution in [-0.2, 0) is 23.1 Å². The number of hydrogen-bond acceptors (Lipinski definition) is 7. The molecule has 0 spiro atoms. The van der Waals surface area contributed by atoms with Crippen molar-refractivity contribution in [1.82, 2.24) is 30.0 Å². The first-order chi connectivity index (χ1) is 22.4. The van der Waals surface area contributed by atoms with Gasteiger partial charge in [0.15, 0.2) is 0 Å². The number of amides is 3. The summed E-state index contributed by atoms with van der Waals surface area (Å²) < 4.78 is 26.9. The average molecular weight is 651 g/mol. The summed E-state index contributed by atoms with van der Waals surface area (Å²) in [5.74, 6) is 0.369. The van der Waals surface area contributed by atoms with Crippen molar-refractivity contribution in [1.29, 1.82) is 0 Å². The first-order valence-corrected chi connectivity index (χ1v) is 15.9. The minimum atomic E-state index is -0.768. The van der Waals surface area contributed by atoms with Crippen LogP contribution in [0.4, 0.5) is 4.39 Å². The van der Waals surface area contributed by atoms with Crippen molar-refractivity contribution in [2.75, 3.05) is 40.3 Å². The van der Waals surface area contributed by atoms with Gasteiger partial charge in [0.05, 0.1) is 26.5 Å². The van der Waals surface area contributed by atoms with Crippen LogP contribution in [0, 0.1) is 11.2 Å². The lowest BCUT2D eigenvalue weighted by atomic mass is 9.85. The van der Waals surface area contributed by atoms with Crippen LogP contribution in [0.15, 0.2) is 61.1 Å². The van der Waals surface area contributed by atoms with E-state index >= 15 is 0 Å². The van der Waals surface area contributed by atoms with E-state index in [-0.39, 0.29) is 42.2 Å². The second-order valence-electron chi connectivity index (χ2n) is 13.1. The van der Waals surface area contributed by atoms with Crippen LogP contribution in [0.25, 0.3) is 0 Å². The average Bonchev–Trinajstić information content (AvgIpc) is 3.66. The summed E-state index contributed by atoms with van der Waals surface area (Å²) in [6, 6.07) is 12.5. The van der Waals surface area contributed by atoms with Gasteiger partial charge in [-0.3, -0.25) is 14.4 Å². The maximum atomic E-state index is 14.3. The van der Waals surface area contributed by atoms with E-state index in [1.165, 1.54) is 12.1 Å². The number of hydrogen-bond donors (Lipinski definition) is 2. The molecule has 3 aromatic rings. The predicted octanol–water partition coefficient (Wildman–Crippen LogP) is 3.44. The van der Waals surface area contributed by atoms with E-state index in [4.69, 9.17) is 9.47 Å². The molecule has 1 aliphatic heterocycles. The van der Waals surface area contributed by atoms with Gasteiger partial charge in [-0.25, -0.2) is 9.37 Å². The van der Waals surface area contributed by atoms with E-state index < -0.39 is 11.5 Å². The number of halogens is 1. The van der Waals surface area contributed by atoms with Gasteiger partial charge in [0.1, 0.15) is 35.2 Å². The number of carbonyl (C=O) groups is 3. The highest BCUT2D eigenvalue weighted by Gasteiger charge is 2.43. The number of aromatic nitrogens is 2. The number of benzene rings is 2. The molecule has 3 amide bonds. The Balaban J connectivity index is 1.56. The molecule has 1 aromatic heterocycles. The Kier molecular flexibility index (Phi) is 12.0. The molecule has 254 valence electrons. The number of carbonyl (C=O) groups excluding carboxylic acids is 3. The summed E-state index contributed by atoms with van der Waals surface area (Å²) in [5, 5.41) is 5.77. The lowest BCUT2D eigenvalue weighted by Gasteiger charge is -2.36. The van der Waals surface area contributed by atoms with E-state index in [2.05, 4.69) is 15.6 Å². The maximum absolute atomic E-state index is 14.3. The van der Waals surface area contributed by atoms with Crippen LogP contribution in [-0.4, -0.2) is 95.6 Å². The summed E-state index contributed by atoms with van der Waals surface area (Å²) in [5.41, 5.74) is 0.670. The van der Waals surface area contributed by atoms with Gasteiger partial charge in [0.25, 0.3) is 5.91 Å². The standard InChI is InChI=1S/C35H47FN6O5/c1-35(2,3)32(39-31(43)20-37-4)34(45)42-21-29(47-28-13-11-27(46-6)12-14-28)19-26(42)16-18-41(33(44)30-22-40(5)23-38-30)17-15-24-7-9-25(36)10-8-24/h7-14,22-23,26,29,32,37H,15-21H2,1-6H3,(H,39,43)/t26-,29?,32-/m1/s1. The van der Waals surface area contributed by atoms with Crippen molar-refractivity contribution in [3.63, 3.8) is 0 Å². The zero-order valence-corrected chi connectivity index (χ0v) is 28.2. The lowest BCUT2D eigenvalue weighted by Crippen LogP contribution is -2.57. The molecule has 0 bridgehead atoms. The number of likely N-dealkylation sites (N-methyl/N-ethyl adjacent to an activating group) is 1. The molecule has 0 saturated carbocycles. The number of aryl methyl sites for hydroxylation is 1. The molecule has 47 heavy (non-hydrogen) atoms. The van der Waals surface area contributed by atoms with Crippen LogP contribution < -0.4 is 20.1 Å². The van der Waals surface area contributed by atoms with E-state index in [0.717, 1.165) is 5.56 Å².